The highest BCUT2D eigenvalue weighted by Gasteiger charge is 2.44. The van der Waals surface area contributed by atoms with Gasteiger partial charge in [0.15, 0.2) is 6.29 Å². The van der Waals surface area contributed by atoms with Crippen LogP contribution in [0.25, 0.3) is 0 Å². The first-order chi connectivity index (χ1) is 7.47. The molecule has 1 aliphatic heterocycles. The van der Waals surface area contributed by atoms with Crippen LogP contribution in [0, 0.1) is 0 Å². The average Bonchev–Trinajstić information content (AvgIpc) is 2.23. The number of aliphatic hydroxyl groups is 5. The highest BCUT2D eigenvalue weighted by atomic mass is 16.6. The molecule has 0 radical (unpaired) electrons. The number of hydrogen-bond donors (Lipinski definition) is 5. The first-order valence-corrected chi connectivity index (χ1v) is 4.49. The number of hydrogen-bond acceptors (Lipinski definition) is 7. The van der Waals surface area contributed by atoms with Crippen LogP contribution in [0.2, 0.25) is 0 Å². The Balaban J connectivity index is 2.62. The summed E-state index contributed by atoms with van der Waals surface area (Å²) in [6, 6.07) is 0. The molecule has 6 atom stereocenters. The van der Waals surface area contributed by atoms with Crippen molar-refractivity contribution in [2.45, 2.75) is 30.7 Å². The maximum atomic E-state index is 9.61. The summed E-state index contributed by atoms with van der Waals surface area (Å²) in [6.45, 7) is -2.48. The molecule has 7 heteroatoms. The Labute approximate surface area is 87.9 Å². The third-order valence-corrected chi connectivity index (χ3v) is 2.20. The Bertz CT molecular complexity index is 215. The van der Waals surface area contributed by atoms with E-state index in [-0.39, 0.29) is 0 Å². The van der Waals surface area contributed by atoms with E-state index in [0.717, 1.165) is 0 Å². The van der Waals surface area contributed by atoms with Gasteiger partial charge in [0.25, 0.3) is 0 Å². The van der Waals surface area contributed by atoms with Gasteiger partial charge in [0.05, 0.1) is 21.2 Å². The van der Waals surface area contributed by atoms with Crippen LogP contribution in [-0.2, 0) is 9.47 Å². The molecule has 0 aliphatic carbocycles. The van der Waals surface area contributed by atoms with Crippen molar-refractivity contribution in [3.8, 4) is 0 Å². The molecule has 1 heterocycles. The fraction of sp³-hybridized carbons (Fsp3) is 1.00. The summed E-state index contributed by atoms with van der Waals surface area (Å²) in [5.74, 6) is 0. The molecule has 5 N–H and O–H groups in total. The lowest BCUT2D eigenvalue weighted by Gasteiger charge is -2.39. The zero-order valence-corrected chi connectivity index (χ0v) is 7.93. The van der Waals surface area contributed by atoms with Crippen molar-refractivity contribution in [1.82, 2.24) is 0 Å². The van der Waals surface area contributed by atoms with Crippen LogP contribution in [0.1, 0.15) is 1.37 Å². The van der Waals surface area contributed by atoms with Crippen molar-refractivity contribution in [2.75, 3.05) is 19.8 Å². The molecule has 0 saturated carbocycles. The van der Waals surface area contributed by atoms with Gasteiger partial charge in [-0.3, -0.25) is 0 Å². The van der Waals surface area contributed by atoms with Gasteiger partial charge in [-0.05, 0) is 0 Å². The van der Waals surface area contributed by atoms with Crippen molar-refractivity contribution < 1.29 is 36.4 Å². The van der Waals surface area contributed by atoms with Gasteiger partial charge in [0, 0.05) is 0 Å². The maximum Gasteiger partial charge on any atom is 0.184 e. The zero-order chi connectivity index (χ0) is 12.3. The normalized spacial score (nSPS) is 44.9. The van der Waals surface area contributed by atoms with Crippen molar-refractivity contribution in [2.24, 2.45) is 0 Å². The van der Waals surface area contributed by atoms with E-state index in [1.807, 2.05) is 0 Å². The molecule has 1 saturated heterocycles. The van der Waals surface area contributed by atoms with Crippen molar-refractivity contribution in [3.63, 3.8) is 0 Å². The second-order valence-corrected chi connectivity index (χ2v) is 3.21. The molecule has 2 unspecified atom stereocenters. The predicted octanol–water partition coefficient (Wildman–Crippen LogP) is -3.20. The summed E-state index contributed by atoms with van der Waals surface area (Å²) in [5, 5.41) is 45.8. The van der Waals surface area contributed by atoms with Gasteiger partial charge in [-0.2, -0.15) is 0 Å². The minimum Gasteiger partial charge on any atom is -0.394 e. The fourth-order valence-corrected chi connectivity index (χ4v) is 1.42. The Hall–Kier alpha value is -0.280. The number of rotatable bonds is 4. The third kappa shape index (κ3) is 2.85. The van der Waals surface area contributed by atoms with E-state index in [2.05, 4.69) is 0 Å². The molecule has 1 fully saturated rings. The van der Waals surface area contributed by atoms with Gasteiger partial charge < -0.3 is 35.0 Å². The van der Waals surface area contributed by atoms with Crippen LogP contribution in [0.4, 0.5) is 0 Å². The van der Waals surface area contributed by atoms with E-state index in [4.69, 9.17) is 21.1 Å². The Morgan fingerprint density at radius 2 is 1.87 bits per heavy atom. The van der Waals surface area contributed by atoms with E-state index in [9.17, 15) is 15.3 Å². The molecule has 0 aromatic heterocycles. The molecule has 7 nitrogen and oxygen atoms in total. The zero-order valence-electron chi connectivity index (χ0n) is 8.93. The van der Waals surface area contributed by atoms with Crippen LogP contribution in [0.15, 0.2) is 0 Å². The lowest BCUT2D eigenvalue weighted by atomic mass is 9.99. The van der Waals surface area contributed by atoms with Gasteiger partial charge in [-0.25, -0.2) is 0 Å². The summed E-state index contributed by atoms with van der Waals surface area (Å²) in [5.41, 5.74) is 0. The summed E-state index contributed by atoms with van der Waals surface area (Å²) in [6.07, 6.45) is -6.74. The average molecular weight is 225 g/mol. The predicted molar refractivity (Wildman–Crippen MR) is 46.8 cm³/mol. The summed E-state index contributed by atoms with van der Waals surface area (Å²) >= 11 is 0. The van der Waals surface area contributed by atoms with Crippen molar-refractivity contribution in [3.05, 3.63) is 0 Å². The second kappa shape index (κ2) is 5.71. The third-order valence-electron chi connectivity index (χ3n) is 2.20. The Kier molecular flexibility index (Phi) is 4.27. The van der Waals surface area contributed by atoms with Gasteiger partial charge >= 0.3 is 0 Å². The number of ether oxygens (including phenoxy) is 2. The molecule has 15 heavy (non-hydrogen) atoms. The highest BCUT2D eigenvalue weighted by molar-refractivity contribution is 4.89. The summed E-state index contributed by atoms with van der Waals surface area (Å²) in [4.78, 5) is 0. The lowest BCUT2D eigenvalue weighted by molar-refractivity contribution is -0.294. The summed E-state index contributed by atoms with van der Waals surface area (Å²) < 4.78 is 16.4. The number of aliphatic hydroxyl groups excluding tert-OH is 5. The Morgan fingerprint density at radius 3 is 2.40 bits per heavy atom. The minimum absolute atomic E-state index is 0.427. The molecule has 0 aromatic rings. The van der Waals surface area contributed by atoms with Crippen LogP contribution in [-0.4, -0.2) is 76.0 Å². The van der Waals surface area contributed by atoms with E-state index in [1.54, 1.807) is 0 Å². The molecule has 1 rings (SSSR count). The SMILES string of the molecule is [2H]C(O)CO[C@H]1[C@H](O)[C@@H](CO)OC(O)[C@@H]1O. The molecule has 0 spiro atoms. The quantitative estimate of drug-likeness (QED) is 0.341. The minimum atomic E-state index is -1.59. The fourth-order valence-electron chi connectivity index (χ4n) is 1.42. The second-order valence-electron chi connectivity index (χ2n) is 3.21. The topological polar surface area (TPSA) is 120 Å². The van der Waals surface area contributed by atoms with Crippen LogP contribution in [0.3, 0.4) is 0 Å². The van der Waals surface area contributed by atoms with Gasteiger partial charge in [0.2, 0.25) is 0 Å². The Morgan fingerprint density at radius 1 is 1.20 bits per heavy atom. The first-order valence-electron chi connectivity index (χ1n) is 5.07. The van der Waals surface area contributed by atoms with Crippen LogP contribution < -0.4 is 0 Å². The molecule has 1 aliphatic rings. The van der Waals surface area contributed by atoms with Gasteiger partial charge in [-0.15, -0.1) is 0 Å². The lowest BCUT2D eigenvalue weighted by Crippen LogP contribution is -2.59. The monoisotopic (exact) mass is 225 g/mol. The van der Waals surface area contributed by atoms with E-state index >= 15 is 0 Å². The first kappa shape index (κ1) is 11.2. The highest BCUT2D eigenvalue weighted by Crippen LogP contribution is 2.21. The molecule has 0 aromatic carbocycles. The molecule has 90 valence electrons. The van der Waals surface area contributed by atoms with Crippen molar-refractivity contribution in [1.29, 1.82) is 0 Å². The van der Waals surface area contributed by atoms with E-state index < -0.39 is 50.5 Å². The summed E-state index contributed by atoms with van der Waals surface area (Å²) in [7, 11) is 0. The van der Waals surface area contributed by atoms with E-state index in [0.29, 0.717) is 0 Å². The van der Waals surface area contributed by atoms with Crippen LogP contribution >= 0.6 is 0 Å². The molecular weight excluding hydrogens is 208 g/mol. The van der Waals surface area contributed by atoms with Gasteiger partial charge in [-0.1, -0.05) is 0 Å². The largest absolute Gasteiger partial charge is 0.394 e. The molecule has 0 amide bonds. The molecular formula is C8H16O7. The van der Waals surface area contributed by atoms with Gasteiger partial charge in [0.1, 0.15) is 24.4 Å². The molecule has 0 bridgehead atoms. The smallest absolute Gasteiger partial charge is 0.184 e. The van der Waals surface area contributed by atoms with Crippen LogP contribution in [0.5, 0.6) is 0 Å². The van der Waals surface area contributed by atoms with Crippen molar-refractivity contribution >= 4 is 0 Å². The maximum absolute atomic E-state index is 9.61. The van der Waals surface area contributed by atoms with E-state index in [1.165, 1.54) is 0 Å². The standard InChI is InChI=1S/C8H16O7/c9-1-2-14-7-5(11)4(3-10)15-8(13)6(7)12/h4-13H,1-3H2/t4-,5-,6-,7+,8?/m1/s1/i1D/t1?,4-,5-,6-,7+,8?.